The van der Waals surface area contributed by atoms with Crippen LogP contribution in [0.3, 0.4) is 0 Å². The topological polar surface area (TPSA) is 92.8 Å². The minimum atomic E-state index is -0.892. The lowest BCUT2D eigenvalue weighted by Gasteiger charge is -2.49. The molecule has 8 nitrogen and oxygen atoms in total. The van der Waals surface area contributed by atoms with Gasteiger partial charge in [0.15, 0.2) is 0 Å². The first-order valence-corrected chi connectivity index (χ1v) is 12.4. The van der Waals surface area contributed by atoms with Crippen LogP contribution in [0, 0.1) is 0 Å². The summed E-state index contributed by atoms with van der Waals surface area (Å²) in [4.78, 5) is 32.5. The van der Waals surface area contributed by atoms with Gasteiger partial charge < -0.3 is 25.0 Å². The predicted molar refractivity (Wildman–Crippen MR) is 135 cm³/mol. The molecule has 3 amide bonds. The van der Waals surface area contributed by atoms with Crippen molar-refractivity contribution in [2.24, 2.45) is 0 Å². The summed E-state index contributed by atoms with van der Waals surface area (Å²) in [5.41, 5.74) is 1.55. The molecule has 2 aromatic rings. The number of nitrogens with one attached hydrogen (secondary N) is 2. The Kier molecular flexibility index (Phi) is 7.52. The highest BCUT2D eigenvalue weighted by Gasteiger charge is 2.53. The molecular formula is C26H33ClN4O4. The standard InChI is InChI=1S/C26H33ClN4O4/c1-16(2)19-7-5-6-8-20(19)26(14-31(15-26)25(33)29-18-9-10-18)24(32)30-21-12-28-23(27)11-22(21)35-17(3)13-34-4/h5-8,11-12,16-18H,9-10,13-15H2,1-4H3,(H,29,33)(H,30,32). The van der Waals surface area contributed by atoms with Gasteiger partial charge in [0.2, 0.25) is 5.91 Å². The number of carbonyl (C=O) groups excluding carboxylic acids is 2. The van der Waals surface area contributed by atoms with Crippen LogP contribution in [0.5, 0.6) is 5.75 Å². The number of pyridine rings is 1. The molecule has 2 aliphatic rings. The fourth-order valence-corrected chi connectivity index (χ4v) is 4.59. The van der Waals surface area contributed by atoms with Crippen molar-refractivity contribution in [3.8, 4) is 5.75 Å². The largest absolute Gasteiger partial charge is 0.486 e. The number of methoxy groups -OCH3 is 1. The summed E-state index contributed by atoms with van der Waals surface area (Å²) in [5.74, 6) is 0.420. The van der Waals surface area contributed by atoms with Crippen LogP contribution in [0.4, 0.5) is 10.5 Å². The van der Waals surface area contributed by atoms with Gasteiger partial charge in [-0.25, -0.2) is 9.78 Å². The van der Waals surface area contributed by atoms with Crippen LogP contribution in [0.25, 0.3) is 0 Å². The molecule has 1 aromatic heterocycles. The maximum Gasteiger partial charge on any atom is 0.317 e. The highest BCUT2D eigenvalue weighted by atomic mass is 35.5. The number of benzene rings is 1. The Balaban J connectivity index is 1.63. The van der Waals surface area contributed by atoms with Gasteiger partial charge in [-0.15, -0.1) is 0 Å². The summed E-state index contributed by atoms with van der Waals surface area (Å²) >= 11 is 6.11. The van der Waals surface area contributed by atoms with Crippen molar-refractivity contribution in [1.82, 2.24) is 15.2 Å². The van der Waals surface area contributed by atoms with E-state index in [0.717, 1.165) is 24.0 Å². The van der Waals surface area contributed by atoms with Crippen LogP contribution >= 0.6 is 11.6 Å². The summed E-state index contributed by atoms with van der Waals surface area (Å²) in [7, 11) is 1.60. The lowest BCUT2D eigenvalue weighted by atomic mass is 9.69. The Morgan fingerprint density at radius 2 is 1.94 bits per heavy atom. The van der Waals surface area contributed by atoms with Gasteiger partial charge in [-0.2, -0.15) is 0 Å². The highest BCUT2D eigenvalue weighted by molar-refractivity contribution is 6.29. The molecule has 1 aromatic carbocycles. The molecule has 2 fully saturated rings. The summed E-state index contributed by atoms with van der Waals surface area (Å²) in [6.07, 6.45) is 3.26. The van der Waals surface area contributed by atoms with Crippen LogP contribution in [0.15, 0.2) is 36.5 Å². The molecule has 1 atom stereocenters. The second-order valence-corrected chi connectivity index (χ2v) is 10.1. The average Bonchev–Trinajstić information content (AvgIpc) is 3.59. The summed E-state index contributed by atoms with van der Waals surface area (Å²) in [6.45, 7) is 7.03. The van der Waals surface area contributed by atoms with E-state index in [4.69, 9.17) is 21.1 Å². The number of likely N-dealkylation sites (tertiary alicyclic amines) is 1. The van der Waals surface area contributed by atoms with Crippen molar-refractivity contribution < 1.29 is 19.1 Å². The van der Waals surface area contributed by atoms with E-state index in [9.17, 15) is 9.59 Å². The maximum atomic E-state index is 13.9. The summed E-state index contributed by atoms with van der Waals surface area (Å²) < 4.78 is 11.1. The fraction of sp³-hybridized carbons (Fsp3) is 0.500. The zero-order valence-corrected chi connectivity index (χ0v) is 21.4. The minimum Gasteiger partial charge on any atom is -0.486 e. The molecule has 2 N–H and O–H groups in total. The van der Waals surface area contributed by atoms with E-state index >= 15 is 0 Å². The van der Waals surface area contributed by atoms with Gasteiger partial charge in [-0.3, -0.25) is 4.79 Å². The maximum absolute atomic E-state index is 13.9. The van der Waals surface area contributed by atoms with Gasteiger partial charge in [0.1, 0.15) is 28.1 Å². The molecule has 0 radical (unpaired) electrons. The number of urea groups is 1. The van der Waals surface area contributed by atoms with E-state index in [-0.39, 0.29) is 35.2 Å². The Hall–Kier alpha value is -2.84. The lowest BCUT2D eigenvalue weighted by Crippen LogP contribution is -2.68. The monoisotopic (exact) mass is 500 g/mol. The smallest absolute Gasteiger partial charge is 0.317 e. The van der Waals surface area contributed by atoms with Gasteiger partial charge in [0, 0.05) is 32.3 Å². The molecule has 9 heteroatoms. The third-order valence-electron chi connectivity index (χ3n) is 6.46. The highest BCUT2D eigenvalue weighted by Crippen LogP contribution is 2.41. The van der Waals surface area contributed by atoms with Crippen LogP contribution in [-0.4, -0.2) is 60.8 Å². The van der Waals surface area contributed by atoms with E-state index < -0.39 is 5.41 Å². The van der Waals surface area contributed by atoms with E-state index in [2.05, 4.69) is 29.5 Å². The number of amides is 3. The molecule has 4 rings (SSSR count). The first-order chi connectivity index (χ1) is 16.7. The molecule has 188 valence electrons. The number of nitrogens with zero attached hydrogens (tertiary/aromatic N) is 2. The van der Waals surface area contributed by atoms with E-state index in [0.29, 0.717) is 31.1 Å². The van der Waals surface area contributed by atoms with Gasteiger partial charge in [-0.05, 0) is 36.8 Å². The molecule has 1 saturated carbocycles. The number of halogens is 1. The molecule has 35 heavy (non-hydrogen) atoms. The van der Waals surface area contributed by atoms with E-state index in [1.165, 1.54) is 6.20 Å². The number of hydrogen-bond donors (Lipinski definition) is 2. The molecule has 1 unspecified atom stereocenters. The number of ether oxygens (including phenoxy) is 2. The lowest BCUT2D eigenvalue weighted by molar-refractivity contribution is -0.126. The molecule has 1 aliphatic carbocycles. The Morgan fingerprint density at radius 3 is 2.60 bits per heavy atom. The number of carbonyl (C=O) groups is 2. The van der Waals surface area contributed by atoms with Crippen molar-refractivity contribution in [2.45, 2.75) is 57.1 Å². The molecule has 2 heterocycles. The van der Waals surface area contributed by atoms with Gasteiger partial charge in [-0.1, -0.05) is 49.7 Å². The normalized spacial score (nSPS) is 17.5. The number of rotatable bonds is 9. The first-order valence-electron chi connectivity index (χ1n) is 12.0. The second-order valence-electron chi connectivity index (χ2n) is 9.75. The Labute approximate surface area is 211 Å². The SMILES string of the molecule is COCC(C)Oc1cc(Cl)ncc1NC(=O)C1(c2ccccc2C(C)C)CN(C(=O)NC2CC2)C1. The van der Waals surface area contributed by atoms with Gasteiger partial charge >= 0.3 is 6.03 Å². The van der Waals surface area contributed by atoms with Gasteiger partial charge in [0.05, 0.1) is 12.8 Å². The van der Waals surface area contributed by atoms with Crippen LogP contribution in [0.2, 0.25) is 5.15 Å². The van der Waals surface area contributed by atoms with Crippen molar-refractivity contribution in [2.75, 3.05) is 32.1 Å². The zero-order valence-electron chi connectivity index (χ0n) is 20.6. The first kappa shape index (κ1) is 25.3. The molecule has 0 spiro atoms. The van der Waals surface area contributed by atoms with Gasteiger partial charge in [0.25, 0.3) is 0 Å². The Bertz CT molecular complexity index is 1080. The third-order valence-corrected chi connectivity index (χ3v) is 6.66. The molecule has 1 saturated heterocycles. The van der Waals surface area contributed by atoms with Crippen molar-refractivity contribution in [3.63, 3.8) is 0 Å². The van der Waals surface area contributed by atoms with Crippen molar-refractivity contribution in [3.05, 3.63) is 52.8 Å². The van der Waals surface area contributed by atoms with Crippen LogP contribution in [0.1, 0.15) is 50.7 Å². The third kappa shape index (κ3) is 5.54. The second kappa shape index (κ2) is 10.4. The molecule has 1 aliphatic heterocycles. The van der Waals surface area contributed by atoms with Crippen molar-refractivity contribution >= 4 is 29.2 Å². The van der Waals surface area contributed by atoms with E-state index in [1.54, 1.807) is 18.1 Å². The minimum absolute atomic E-state index is 0.122. The molecule has 0 bridgehead atoms. The summed E-state index contributed by atoms with van der Waals surface area (Å²) in [5, 5.41) is 6.30. The Morgan fingerprint density at radius 1 is 1.23 bits per heavy atom. The number of aromatic nitrogens is 1. The quantitative estimate of drug-likeness (QED) is 0.500. The number of hydrogen-bond acceptors (Lipinski definition) is 5. The van der Waals surface area contributed by atoms with E-state index in [1.807, 2.05) is 31.2 Å². The van der Waals surface area contributed by atoms with Crippen LogP contribution < -0.4 is 15.4 Å². The zero-order chi connectivity index (χ0) is 25.2. The molecular weight excluding hydrogens is 468 g/mol. The average molecular weight is 501 g/mol. The predicted octanol–water partition coefficient (Wildman–Crippen LogP) is 4.34. The van der Waals surface area contributed by atoms with Crippen molar-refractivity contribution in [1.29, 1.82) is 0 Å². The fourth-order valence-electron chi connectivity index (χ4n) is 4.45. The summed E-state index contributed by atoms with van der Waals surface area (Å²) in [6, 6.07) is 9.66. The van der Waals surface area contributed by atoms with Crippen LogP contribution in [-0.2, 0) is 14.9 Å². The number of anilines is 1.